The number of anilines is 1. The minimum Gasteiger partial charge on any atom is -0.507 e. The number of Topliss-reactive ketones (excluding diaryl/α,β-unsaturated/α-hetero) is 1. The van der Waals surface area contributed by atoms with Gasteiger partial charge in [-0.05, 0) is 69.2 Å². The molecule has 1 aliphatic rings. The van der Waals surface area contributed by atoms with E-state index in [2.05, 4.69) is 35.8 Å². The minimum absolute atomic E-state index is 0.0386. The third-order valence-corrected chi connectivity index (χ3v) is 8.52. The van der Waals surface area contributed by atoms with Crippen LogP contribution in [0.5, 0.6) is 5.75 Å². The SMILES string of the molecule is COc1ccc(/C(O)=C2\C(=O)C(=O)N(c3nc4ccc(C(C)C)cc4s3)C2c2cccs2)cc1Br. The Bertz CT molecular complexity index is 1490. The molecule has 3 heterocycles. The number of carbonyl (C=O) groups is 2. The first-order valence-corrected chi connectivity index (χ1v) is 13.4. The normalized spacial score (nSPS) is 17.6. The molecule has 1 amide bonds. The van der Waals surface area contributed by atoms with Crippen molar-refractivity contribution in [2.24, 2.45) is 0 Å². The number of thiophene rings is 1. The number of hydrogen-bond donors (Lipinski definition) is 1. The lowest BCUT2D eigenvalue weighted by Gasteiger charge is -2.21. The van der Waals surface area contributed by atoms with Gasteiger partial charge in [-0.25, -0.2) is 4.98 Å². The number of nitrogens with zero attached hydrogens (tertiary/aromatic N) is 2. The number of rotatable bonds is 5. The molecule has 0 radical (unpaired) electrons. The van der Waals surface area contributed by atoms with Gasteiger partial charge in [0.25, 0.3) is 5.78 Å². The topological polar surface area (TPSA) is 79.7 Å². The number of amides is 1. The Morgan fingerprint density at radius 2 is 1.97 bits per heavy atom. The number of fused-ring (bicyclic) bond motifs is 1. The quantitative estimate of drug-likeness (QED) is 0.161. The minimum atomic E-state index is -0.777. The summed E-state index contributed by atoms with van der Waals surface area (Å²) in [5.41, 5.74) is 2.38. The van der Waals surface area contributed by atoms with Gasteiger partial charge in [-0.1, -0.05) is 37.3 Å². The van der Waals surface area contributed by atoms with Crippen LogP contribution in [0.25, 0.3) is 16.0 Å². The first-order chi connectivity index (χ1) is 16.8. The standard InChI is InChI=1S/C26H21BrN2O4S2/c1-13(2)14-6-8-17-20(12-14)35-26(28-17)29-22(19-5-4-10-34-19)21(24(31)25(29)32)23(30)15-7-9-18(33-3)16(27)11-15/h4-13,22,30H,1-3H3/b23-21+. The Labute approximate surface area is 218 Å². The summed E-state index contributed by atoms with van der Waals surface area (Å²) in [7, 11) is 1.55. The molecular weight excluding hydrogens is 548 g/mol. The molecule has 0 aliphatic carbocycles. The third-order valence-electron chi connectivity index (χ3n) is 5.96. The van der Waals surface area contributed by atoms with Gasteiger partial charge in [0, 0.05) is 10.4 Å². The number of methoxy groups -OCH3 is 1. The second-order valence-corrected chi connectivity index (χ2v) is 11.3. The first kappa shape index (κ1) is 23.7. The summed E-state index contributed by atoms with van der Waals surface area (Å²) in [6.07, 6.45) is 0. The number of thiazole rings is 1. The maximum absolute atomic E-state index is 13.4. The van der Waals surface area contributed by atoms with E-state index in [1.807, 2.05) is 29.6 Å². The van der Waals surface area contributed by atoms with Crippen molar-refractivity contribution >= 4 is 71.4 Å². The Kier molecular flexibility index (Phi) is 6.25. The first-order valence-electron chi connectivity index (χ1n) is 10.9. The molecule has 1 aliphatic heterocycles. The Morgan fingerprint density at radius 1 is 1.17 bits per heavy atom. The van der Waals surface area contributed by atoms with Gasteiger partial charge in [-0.15, -0.1) is 11.3 Å². The summed E-state index contributed by atoms with van der Waals surface area (Å²) in [6.45, 7) is 4.24. The van der Waals surface area contributed by atoms with Crippen LogP contribution in [0.15, 0.2) is 64.0 Å². The van der Waals surface area contributed by atoms with E-state index in [1.165, 1.54) is 33.1 Å². The molecule has 0 bridgehead atoms. The molecule has 9 heteroatoms. The van der Waals surface area contributed by atoms with Gasteiger partial charge in [0.2, 0.25) is 0 Å². The van der Waals surface area contributed by atoms with Crippen molar-refractivity contribution in [3.05, 3.63) is 80.0 Å². The van der Waals surface area contributed by atoms with Gasteiger partial charge >= 0.3 is 5.91 Å². The van der Waals surface area contributed by atoms with Gasteiger partial charge < -0.3 is 9.84 Å². The van der Waals surface area contributed by atoms with Crippen molar-refractivity contribution < 1.29 is 19.4 Å². The van der Waals surface area contributed by atoms with E-state index < -0.39 is 17.7 Å². The van der Waals surface area contributed by atoms with E-state index in [0.29, 0.717) is 26.8 Å². The zero-order chi connectivity index (χ0) is 24.9. The lowest BCUT2D eigenvalue weighted by Crippen LogP contribution is -2.28. The highest BCUT2D eigenvalue weighted by Gasteiger charge is 2.48. The van der Waals surface area contributed by atoms with Crippen LogP contribution >= 0.6 is 38.6 Å². The van der Waals surface area contributed by atoms with Crippen LogP contribution in [0.3, 0.4) is 0 Å². The summed E-state index contributed by atoms with van der Waals surface area (Å²) >= 11 is 6.21. The van der Waals surface area contributed by atoms with Crippen LogP contribution in [-0.2, 0) is 9.59 Å². The number of aliphatic hydroxyl groups excluding tert-OH is 1. The Morgan fingerprint density at radius 3 is 2.63 bits per heavy atom. The Balaban J connectivity index is 1.67. The predicted molar refractivity (Wildman–Crippen MR) is 144 cm³/mol. The highest BCUT2D eigenvalue weighted by atomic mass is 79.9. The van der Waals surface area contributed by atoms with E-state index in [9.17, 15) is 14.7 Å². The number of benzene rings is 2. The van der Waals surface area contributed by atoms with Gasteiger partial charge in [0.05, 0.1) is 27.4 Å². The van der Waals surface area contributed by atoms with E-state index in [0.717, 1.165) is 15.1 Å². The van der Waals surface area contributed by atoms with Crippen molar-refractivity contribution in [1.29, 1.82) is 0 Å². The molecule has 2 aromatic heterocycles. The van der Waals surface area contributed by atoms with E-state index in [-0.39, 0.29) is 11.3 Å². The van der Waals surface area contributed by atoms with Crippen molar-refractivity contribution in [1.82, 2.24) is 4.98 Å². The molecule has 5 rings (SSSR count). The molecule has 2 aromatic carbocycles. The molecule has 35 heavy (non-hydrogen) atoms. The maximum Gasteiger partial charge on any atom is 0.301 e. The summed E-state index contributed by atoms with van der Waals surface area (Å²) in [6, 6.07) is 14.0. The van der Waals surface area contributed by atoms with E-state index in [4.69, 9.17) is 9.72 Å². The molecule has 4 aromatic rings. The molecule has 178 valence electrons. The van der Waals surface area contributed by atoms with Crippen molar-refractivity contribution in [2.75, 3.05) is 12.0 Å². The van der Waals surface area contributed by atoms with Crippen LogP contribution in [-0.4, -0.2) is 28.9 Å². The van der Waals surface area contributed by atoms with Crippen LogP contribution in [0.1, 0.15) is 41.8 Å². The zero-order valence-electron chi connectivity index (χ0n) is 19.1. The summed E-state index contributed by atoms with van der Waals surface area (Å²) in [4.78, 5) is 33.5. The number of halogens is 1. The van der Waals surface area contributed by atoms with E-state index in [1.54, 1.807) is 25.3 Å². The van der Waals surface area contributed by atoms with Crippen molar-refractivity contribution in [3.8, 4) is 5.75 Å². The fourth-order valence-corrected chi connectivity index (χ4v) is 6.51. The average molecular weight is 570 g/mol. The van der Waals surface area contributed by atoms with Crippen LogP contribution in [0.2, 0.25) is 0 Å². The van der Waals surface area contributed by atoms with Crippen LogP contribution in [0, 0.1) is 0 Å². The van der Waals surface area contributed by atoms with E-state index >= 15 is 0 Å². The van der Waals surface area contributed by atoms with Gasteiger partial charge in [-0.2, -0.15) is 0 Å². The number of aromatic nitrogens is 1. The fraction of sp³-hybridized carbons (Fsp3) is 0.192. The number of carbonyl (C=O) groups excluding carboxylic acids is 2. The van der Waals surface area contributed by atoms with Gasteiger partial charge in [0.1, 0.15) is 17.6 Å². The third kappa shape index (κ3) is 4.07. The molecular formula is C26H21BrN2O4S2. The van der Waals surface area contributed by atoms with Crippen molar-refractivity contribution in [2.45, 2.75) is 25.8 Å². The monoisotopic (exact) mass is 568 g/mol. The number of ether oxygens (including phenoxy) is 1. The molecule has 6 nitrogen and oxygen atoms in total. The van der Waals surface area contributed by atoms with Crippen LogP contribution in [0.4, 0.5) is 5.13 Å². The fourth-order valence-electron chi connectivity index (χ4n) is 4.11. The largest absolute Gasteiger partial charge is 0.507 e. The molecule has 1 atom stereocenters. The van der Waals surface area contributed by atoms with Crippen LogP contribution < -0.4 is 9.64 Å². The lowest BCUT2D eigenvalue weighted by molar-refractivity contribution is -0.132. The van der Waals surface area contributed by atoms with Gasteiger partial charge in [0.15, 0.2) is 5.13 Å². The molecule has 0 saturated carbocycles. The average Bonchev–Trinajstić information content (AvgIpc) is 3.56. The smallest absolute Gasteiger partial charge is 0.301 e. The summed E-state index contributed by atoms with van der Waals surface area (Å²) in [5.74, 6) is -0.743. The molecule has 1 saturated heterocycles. The molecule has 1 N–H and O–H groups in total. The number of aliphatic hydroxyl groups is 1. The highest BCUT2D eigenvalue weighted by Crippen LogP contribution is 2.46. The predicted octanol–water partition coefficient (Wildman–Crippen LogP) is 6.88. The summed E-state index contributed by atoms with van der Waals surface area (Å²) in [5, 5.41) is 13.6. The molecule has 1 unspecified atom stereocenters. The Hall–Kier alpha value is -3.01. The lowest BCUT2D eigenvalue weighted by atomic mass is 10.00. The molecule has 1 fully saturated rings. The zero-order valence-corrected chi connectivity index (χ0v) is 22.3. The second kappa shape index (κ2) is 9.22. The second-order valence-electron chi connectivity index (χ2n) is 8.41. The number of ketones is 1. The van der Waals surface area contributed by atoms with Crippen molar-refractivity contribution in [3.63, 3.8) is 0 Å². The molecule has 0 spiro atoms. The highest BCUT2D eigenvalue weighted by molar-refractivity contribution is 9.10. The van der Waals surface area contributed by atoms with Gasteiger partial charge in [-0.3, -0.25) is 14.5 Å². The number of hydrogen-bond acceptors (Lipinski definition) is 7. The summed E-state index contributed by atoms with van der Waals surface area (Å²) < 4.78 is 6.84. The maximum atomic E-state index is 13.4.